The van der Waals surface area contributed by atoms with Crippen LogP contribution in [0.2, 0.25) is 0 Å². The number of hydrogen-bond acceptors (Lipinski definition) is 2. The first-order chi connectivity index (χ1) is 9.24. The van der Waals surface area contributed by atoms with Crippen LogP contribution in [-0.2, 0) is 6.42 Å². The van der Waals surface area contributed by atoms with E-state index in [-0.39, 0.29) is 18.1 Å². The van der Waals surface area contributed by atoms with Crippen molar-refractivity contribution in [1.29, 1.82) is 0 Å². The van der Waals surface area contributed by atoms with Crippen molar-refractivity contribution in [2.24, 2.45) is 5.92 Å². The first-order valence-electron chi connectivity index (χ1n) is 7.13. The van der Waals surface area contributed by atoms with E-state index in [2.05, 4.69) is 30.4 Å². The zero-order valence-electron chi connectivity index (χ0n) is 10.8. The molecule has 3 aliphatic carbocycles. The van der Waals surface area contributed by atoms with E-state index < -0.39 is 0 Å². The summed E-state index contributed by atoms with van der Waals surface area (Å²) >= 11 is 0. The molecule has 0 spiro atoms. The van der Waals surface area contributed by atoms with Gasteiger partial charge in [-0.3, -0.25) is 0 Å². The summed E-state index contributed by atoms with van der Waals surface area (Å²) in [6.07, 6.45) is 8.97. The van der Waals surface area contributed by atoms with Crippen molar-refractivity contribution in [3.8, 4) is 0 Å². The molecule has 1 fully saturated rings. The topological polar surface area (TPSA) is 40.5 Å². The lowest BCUT2D eigenvalue weighted by Crippen LogP contribution is -2.41. The first kappa shape index (κ1) is 11.4. The summed E-state index contributed by atoms with van der Waals surface area (Å²) < 4.78 is 0. The number of aliphatic hydroxyl groups excluding tert-OH is 2. The Bertz CT molecular complexity index is 684. The molecule has 1 aromatic rings. The molecule has 1 aromatic carbocycles. The maximum absolute atomic E-state index is 10.4. The van der Waals surface area contributed by atoms with Crippen LogP contribution in [0.4, 0.5) is 0 Å². The van der Waals surface area contributed by atoms with Crippen LogP contribution < -0.4 is 10.4 Å². The molecule has 1 saturated carbocycles. The Labute approximate surface area is 112 Å². The molecule has 4 rings (SSSR count). The molecule has 2 heteroatoms. The highest BCUT2D eigenvalue weighted by molar-refractivity contribution is 5.71. The molecule has 19 heavy (non-hydrogen) atoms. The van der Waals surface area contributed by atoms with Crippen LogP contribution in [0.3, 0.4) is 0 Å². The van der Waals surface area contributed by atoms with Gasteiger partial charge in [-0.25, -0.2) is 0 Å². The van der Waals surface area contributed by atoms with Gasteiger partial charge in [0.05, 0.1) is 12.2 Å². The average Bonchev–Trinajstić information content (AvgIpc) is 2.88. The van der Waals surface area contributed by atoms with Crippen LogP contribution in [0, 0.1) is 5.92 Å². The molecule has 0 amide bonds. The van der Waals surface area contributed by atoms with E-state index in [1.807, 2.05) is 0 Å². The minimum atomic E-state index is -0.335. The van der Waals surface area contributed by atoms with Crippen LogP contribution >= 0.6 is 0 Å². The van der Waals surface area contributed by atoms with Crippen molar-refractivity contribution >= 4 is 17.7 Å². The molecule has 0 bridgehead atoms. The van der Waals surface area contributed by atoms with Crippen molar-refractivity contribution in [2.45, 2.75) is 37.9 Å². The number of allylic oxidation sites excluding steroid dienone is 1. The fourth-order valence-electron chi connectivity index (χ4n) is 3.93. The van der Waals surface area contributed by atoms with Crippen LogP contribution in [0.25, 0.3) is 17.7 Å². The van der Waals surface area contributed by atoms with Crippen molar-refractivity contribution in [1.82, 2.24) is 0 Å². The fraction of sp³-hybridized carbons (Fsp3) is 0.412. The summed E-state index contributed by atoms with van der Waals surface area (Å²) in [5.74, 6) is 0.156. The quantitative estimate of drug-likeness (QED) is 0.716. The van der Waals surface area contributed by atoms with E-state index in [1.165, 1.54) is 27.1 Å². The maximum atomic E-state index is 10.4. The lowest BCUT2D eigenvalue weighted by molar-refractivity contribution is 0.0654. The Morgan fingerprint density at radius 1 is 1.16 bits per heavy atom. The molecule has 3 aliphatic rings. The van der Waals surface area contributed by atoms with E-state index >= 15 is 0 Å². The van der Waals surface area contributed by atoms with Crippen molar-refractivity contribution in [2.75, 3.05) is 0 Å². The third kappa shape index (κ3) is 1.63. The number of benzene rings is 1. The lowest BCUT2D eigenvalue weighted by atomic mass is 9.72. The fourth-order valence-corrected chi connectivity index (χ4v) is 3.93. The minimum Gasteiger partial charge on any atom is -0.393 e. The van der Waals surface area contributed by atoms with Gasteiger partial charge in [0.15, 0.2) is 0 Å². The molecule has 0 aliphatic heterocycles. The number of fused-ring (bicyclic) bond motifs is 4. The maximum Gasteiger partial charge on any atom is 0.0647 e. The van der Waals surface area contributed by atoms with Gasteiger partial charge >= 0.3 is 0 Å². The third-order valence-electron chi connectivity index (χ3n) is 4.87. The van der Waals surface area contributed by atoms with Gasteiger partial charge in [-0.1, -0.05) is 35.9 Å². The number of hydrogen-bond donors (Lipinski definition) is 2. The molecule has 0 heterocycles. The molecule has 98 valence electrons. The lowest BCUT2D eigenvalue weighted by Gasteiger charge is -2.36. The molecule has 0 saturated heterocycles. The van der Waals surface area contributed by atoms with Crippen molar-refractivity contribution < 1.29 is 10.2 Å². The molecule has 0 radical (unpaired) electrons. The summed E-state index contributed by atoms with van der Waals surface area (Å²) in [6, 6.07) is 4.39. The zero-order chi connectivity index (χ0) is 13.0. The highest BCUT2D eigenvalue weighted by atomic mass is 16.3. The highest BCUT2D eigenvalue weighted by Crippen LogP contribution is 2.36. The summed E-state index contributed by atoms with van der Waals surface area (Å²) in [6.45, 7) is 0. The summed E-state index contributed by atoms with van der Waals surface area (Å²) in [5, 5.41) is 22.9. The van der Waals surface area contributed by atoms with E-state index in [0.717, 1.165) is 25.7 Å². The van der Waals surface area contributed by atoms with Gasteiger partial charge in [-0.15, -0.1) is 0 Å². The first-order valence-corrected chi connectivity index (χ1v) is 7.13. The Balaban J connectivity index is 1.98. The van der Waals surface area contributed by atoms with Crippen LogP contribution in [0.5, 0.6) is 0 Å². The van der Waals surface area contributed by atoms with Crippen molar-refractivity contribution in [3.63, 3.8) is 0 Å². The second-order valence-electron chi connectivity index (χ2n) is 5.95. The smallest absolute Gasteiger partial charge is 0.0647 e. The summed E-state index contributed by atoms with van der Waals surface area (Å²) in [7, 11) is 0. The minimum absolute atomic E-state index is 0.156. The average molecular weight is 254 g/mol. The van der Waals surface area contributed by atoms with Crippen LogP contribution in [0.15, 0.2) is 18.2 Å². The molecule has 2 N–H and O–H groups in total. The zero-order valence-corrected chi connectivity index (χ0v) is 10.8. The third-order valence-corrected chi connectivity index (χ3v) is 4.87. The molecular formula is C17H18O2. The number of aliphatic hydroxyl groups is 2. The van der Waals surface area contributed by atoms with Gasteiger partial charge in [0, 0.05) is 12.3 Å². The van der Waals surface area contributed by atoms with Gasteiger partial charge in [-0.2, -0.15) is 0 Å². The van der Waals surface area contributed by atoms with E-state index in [1.54, 1.807) is 0 Å². The van der Waals surface area contributed by atoms with E-state index in [0.29, 0.717) is 0 Å². The highest BCUT2D eigenvalue weighted by Gasteiger charge is 2.34. The monoisotopic (exact) mass is 254 g/mol. The Morgan fingerprint density at radius 2 is 2.05 bits per heavy atom. The van der Waals surface area contributed by atoms with Crippen molar-refractivity contribution in [3.05, 3.63) is 39.8 Å². The number of rotatable bonds is 0. The predicted octanol–water partition coefficient (Wildman–Crippen LogP) is 0.723. The molecule has 3 atom stereocenters. The van der Waals surface area contributed by atoms with Gasteiger partial charge in [0.1, 0.15) is 0 Å². The normalized spacial score (nSPS) is 31.5. The van der Waals surface area contributed by atoms with E-state index in [9.17, 15) is 10.2 Å². The molecule has 3 unspecified atom stereocenters. The molecular weight excluding hydrogens is 236 g/mol. The van der Waals surface area contributed by atoms with Gasteiger partial charge < -0.3 is 10.2 Å². The SMILES string of the molecule is OC1CCC2=c3ccc4c(c3CC(O)C2C1)C=CC=4. The molecule has 2 nitrogen and oxygen atoms in total. The van der Waals surface area contributed by atoms with Gasteiger partial charge in [-0.05, 0) is 40.8 Å². The summed E-state index contributed by atoms with van der Waals surface area (Å²) in [4.78, 5) is 0. The standard InChI is InChI=1S/C17H18O2/c18-11-5-7-14-13-6-4-10-2-1-3-12(10)15(13)9-17(19)16(14)8-11/h1-4,6,11,16-19H,5,7-9H2. The predicted molar refractivity (Wildman–Crippen MR) is 75.7 cm³/mol. The molecule has 0 aromatic heterocycles. The van der Waals surface area contributed by atoms with Crippen LogP contribution in [0.1, 0.15) is 30.4 Å². The van der Waals surface area contributed by atoms with Gasteiger partial charge in [0.2, 0.25) is 0 Å². The van der Waals surface area contributed by atoms with E-state index in [4.69, 9.17) is 0 Å². The summed E-state index contributed by atoms with van der Waals surface area (Å²) in [5.41, 5.74) is 3.95. The Kier molecular flexibility index (Phi) is 2.44. The Morgan fingerprint density at radius 3 is 2.95 bits per heavy atom. The second kappa shape index (κ2) is 4.06. The van der Waals surface area contributed by atoms with Gasteiger partial charge in [0.25, 0.3) is 0 Å². The van der Waals surface area contributed by atoms with Crippen LogP contribution in [-0.4, -0.2) is 22.4 Å². The largest absolute Gasteiger partial charge is 0.393 e. The second-order valence-corrected chi connectivity index (χ2v) is 5.95. The Hall–Kier alpha value is -1.38.